The molecule has 0 aliphatic rings. The normalized spacial score (nSPS) is 11.9. The van der Waals surface area contributed by atoms with Crippen molar-refractivity contribution in [2.45, 2.75) is 24.7 Å². The minimum Gasteiger partial charge on any atom is -0.373 e. The lowest BCUT2D eigenvalue weighted by molar-refractivity contribution is 0.0373. The van der Waals surface area contributed by atoms with Crippen molar-refractivity contribution in [1.82, 2.24) is 9.88 Å². The quantitative estimate of drug-likeness (QED) is 0.550. The third kappa shape index (κ3) is 4.62. The average molecular weight is 346 g/mol. The molecule has 0 amide bonds. The van der Waals surface area contributed by atoms with Crippen LogP contribution in [0.2, 0.25) is 0 Å². The van der Waals surface area contributed by atoms with Crippen molar-refractivity contribution >= 4 is 21.4 Å². The minimum atomic E-state index is -3.48. The molecule has 0 spiro atoms. The molecule has 9 heteroatoms. The molecule has 2 aromatic rings. The van der Waals surface area contributed by atoms with Crippen LogP contribution in [-0.4, -0.2) is 33.5 Å². The number of aromatic nitrogens is 1. The molecule has 0 saturated heterocycles. The molecule has 122 valence electrons. The molecule has 0 bridgehead atoms. The van der Waals surface area contributed by atoms with Crippen LogP contribution < -0.4 is 4.72 Å². The van der Waals surface area contributed by atoms with Gasteiger partial charge in [-0.15, -0.1) is 11.3 Å². The van der Waals surface area contributed by atoms with Crippen LogP contribution in [0.1, 0.15) is 17.0 Å². The standard InChI is InChI=1S/C13H18N2O5S2/c1-10-11(2)20-15-12(10)8-18-5-6-19-9-14-22(16,17)13-4-3-7-21-13/h3-4,7,14H,5-6,8-9H2,1-2H3. The van der Waals surface area contributed by atoms with Crippen LogP contribution >= 0.6 is 11.3 Å². The summed E-state index contributed by atoms with van der Waals surface area (Å²) in [4.78, 5) is 0. The Hall–Kier alpha value is -1.26. The fraction of sp³-hybridized carbons (Fsp3) is 0.462. The molecule has 0 aliphatic carbocycles. The Morgan fingerprint density at radius 2 is 2.09 bits per heavy atom. The van der Waals surface area contributed by atoms with Gasteiger partial charge in [0, 0.05) is 5.56 Å². The number of nitrogens with zero attached hydrogens (tertiary/aromatic N) is 1. The van der Waals surface area contributed by atoms with Gasteiger partial charge >= 0.3 is 0 Å². The highest BCUT2D eigenvalue weighted by Gasteiger charge is 2.14. The molecule has 2 aromatic heterocycles. The zero-order valence-electron chi connectivity index (χ0n) is 12.4. The second kappa shape index (κ2) is 7.84. The molecule has 2 rings (SSSR count). The van der Waals surface area contributed by atoms with E-state index in [0.29, 0.717) is 13.2 Å². The summed E-state index contributed by atoms with van der Waals surface area (Å²) in [5.41, 5.74) is 1.74. The van der Waals surface area contributed by atoms with Gasteiger partial charge in [0.25, 0.3) is 10.0 Å². The second-order valence-electron chi connectivity index (χ2n) is 4.50. The van der Waals surface area contributed by atoms with E-state index in [1.54, 1.807) is 17.5 Å². The van der Waals surface area contributed by atoms with Gasteiger partial charge in [0.1, 0.15) is 22.4 Å². The third-order valence-electron chi connectivity index (χ3n) is 2.98. The largest absolute Gasteiger partial charge is 0.373 e. The zero-order chi connectivity index (χ0) is 16.0. The first kappa shape index (κ1) is 17.1. The highest BCUT2D eigenvalue weighted by molar-refractivity contribution is 7.91. The lowest BCUT2D eigenvalue weighted by atomic mass is 10.2. The molecule has 0 atom stereocenters. The number of sulfonamides is 1. The Labute approximate surface area is 133 Å². The Morgan fingerprint density at radius 3 is 2.73 bits per heavy atom. The summed E-state index contributed by atoms with van der Waals surface area (Å²) in [5.74, 6) is 0.776. The van der Waals surface area contributed by atoms with E-state index in [0.717, 1.165) is 28.4 Å². The van der Waals surface area contributed by atoms with Gasteiger partial charge in [-0.05, 0) is 25.3 Å². The second-order valence-corrected chi connectivity index (χ2v) is 7.44. The lowest BCUT2D eigenvalue weighted by Gasteiger charge is -2.06. The van der Waals surface area contributed by atoms with Gasteiger partial charge in [0.2, 0.25) is 0 Å². The first-order chi connectivity index (χ1) is 10.5. The number of ether oxygens (including phenoxy) is 2. The number of nitrogens with one attached hydrogen (secondary N) is 1. The van der Waals surface area contributed by atoms with Crippen molar-refractivity contribution in [2.75, 3.05) is 19.9 Å². The number of aryl methyl sites for hydroxylation is 1. The van der Waals surface area contributed by atoms with Crippen molar-refractivity contribution in [3.8, 4) is 0 Å². The van der Waals surface area contributed by atoms with Crippen LogP contribution in [0.15, 0.2) is 26.2 Å². The van der Waals surface area contributed by atoms with Crippen molar-refractivity contribution in [3.05, 3.63) is 34.5 Å². The van der Waals surface area contributed by atoms with Gasteiger partial charge in [0.05, 0.1) is 19.8 Å². The molecule has 0 aromatic carbocycles. The van der Waals surface area contributed by atoms with Crippen LogP contribution in [0.25, 0.3) is 0 Å². The highest BCUT2D eigenvalue weighted by Crippen LogP contribution is 2.15. The van der Waals surface area contributed by atoms with E-state index >= 15 is 0 Å². The Bertz CT molecular complexity index is 679. The topological polar surface area (TPSA) is 90.7 Å². The van der Waals surface area contributed by atoms with Gasteiger partial charge in [-0.3, -0.25) is 0 Å². The van der Waals surface area contributed by atoms with Crippen molar-refractivity contribution in [1.29, 1.82) is 0 Å². The van der Waals surface area contributed by atoms with E-state index < -0.39 is 10.0 Å². The molecule has 2 heterocycles. The smallest absolute Gasteiger partial charge is 0.251 e. The van der Waals surface area contributed by atoms with Crippen LogP contribution in [0.4, 0.5) is 0 Å². The van der Waals surface area contributed by atoms with Crippen LogP contribution in [0.3, 0.4) is 0 Å². The SMILES string of the molecule is Cc1onc(COCCOCNS(=O)(=O)c2cccs2)c1C. The minimum absolute atomic E-state index is 0.0916. The number of hydrogen-bond donors (Lipinski definition) is 1. The van der Waals surface area contributed by atoms with E-state index in [4.69, 9.17) is 14.0 Å². The van der Waals surface area contributed by atoms with Gasteiger partial charge in [-0.1, -0.05) is 11.2 Å². The first-order valence-electron chi connectivity index (χ1n) is 6.61. The monoisotopic (exact) mass is 346 g/mol. The van der Waals surface area contributed by atoms with E-state index in [1.807, 2.05) is 13.8 Å². The van der Waals surface area contributed by atoms with Crippen LogP contribution in [0, 0.1) is 13.8 Å². The van der Waals surface area contributed by atoms with Crippen LogP contribution in [-0.2, 0) is 26.1 Å². The van der Waals surface area contributed by atoms with E-state index in [-0.39, 0.29) is 17.5 Å². The lowest BCUT2D eigenvalue weighted by Crippen LogP contribution is -2.26. The molecule has 0 aliphatic heterocycles. The molecular weight excluding hydrogens is 328 g/mol. The maximum Gasteiger partial charge on any atom is 0.251 e. The molecule has 7 nitrogen and oxygen atoms in total. The van der Waals surface area contributed by atoms with Gasteiger partial charge in [0.15, 0.2) is 0 Å². The van der Waals surface area contributed by atoms with Crippen molar-refractivity contribution < 1.29 is 22.4 Å². The zero-order valence-corrected chi connectivity index (χ0v) is 14.0. The molecular formula is C13H18N2O5S2. The Balaban J connectivity index is 1.59. The fourth-order valence-electron chi connectivity index (χ4n) is 1.56. The van der Waals surface area contributed by atoms with E-state index in [2.05, 4.69) is 9.88 Å². The van der Waals surface area contributed by atoms with Gasteiger partial charge < -0.3 is 14.0 Å². The number of rotatable bonds is 9. The van der Waals surface area contributed by atoms with Crippen LogP contribution in [0.5, 0.6) is 0 Å². The fourth-order valence-corrected chi connectivity index (χ4v) is 3.50. The molecule has 0 radical (unpaired) electrons. The summed E-state index contributed by atoms with van der Waals surface area (Å²) in [5, 5.41) is 5.58. The van der Waals surface area contributed by atoms with Gasteiger partial charge in [-0.25, -0.2) is 8.42 Å². The highest BCUT2D eigenvalue weighted by atomic mass is 32.2. The maximum atomic E-state index is 11.8. The van der Waals surface area contributed by atoms with E-state index in [1.165, 1.54) is 0 Å². The van der Waals surface area contributed by atoms with Gasteiger partial charge in [-0.2, -0.15) is 4.72 Å². The number of thiophene rings is 1. The summed E-state index contributed by atoms with van der Waals surface area (Å²) in [6, 6.07) is 3.22. The number of hydrogen-bond acceptors (Lipinski definition) is 7. The van der Waals surface area contributed by atoms with Crippen molar-refractivity contribution in [2.24, 2.45) is 0 Å². The summed E-state index contributed by atoms with van der Waals surface area (Å²) < 4.78 is 41.8. The molecule has 1 N–H and O–H groups in total. The third-order valence-corrected chi connectivity index (χ3v) is 5.75. The summed E-state index contributed by atoms with van der Waals surface area (Å²) in [7, 11) is -3.48. The Kier molecular flexibility index (Phi) is 6.09. The summed E-state index contributed by atoms with van der Waals surface area (Å²) >= 11 is 1.16. The summed E-state index contributed by atoms with van der Waals surface area (Å²) in [6.45, 7) is 4.63. The molecule has 22 heavy (non-hydrogen) atoms. The first-order valence-corrected chi connectivity index (χ1v) is 8.97. The molecule has 0 unspecified atom stereocenters. The van der Waals surface area contributed by atoms with E-state index in [9.17, 15) is 8.42 Å². The molecule has 0 saturated carbocycles. The average Bonchev–Trinajstić information content (AvgIpc) is 3.12. The van der Waals surface area contributed by atoms with Crippen molar-refractivity contribution in [3.63, 3.8) is 0 Å². The predicted molar refractivity (Wildman–Crippen MR) is 81.1 cm³/mol. The maximum absolute atomic E-state index is 11.8. The summed E-state index contributed by atoms with van der Waals surface area (Å²) in [6.07, 6.45) is 0. The predicted octanol–water partition coefficient (Wildman–Crippen LogP) is 1.82. The Morgan fingerprint density at radius 1 is 1.32 bits per heavy atom. The molecule has 0 fully saturated rings.